The van der Waals surface area contributed by atoms with Crippen LogP contribution in [0.4, 0.5) is 0 Å². The molecule has 59 heavy (non-hydrogen) atoms. The number of ether oxygens (including phenoxy) is 2. The zero-order chi connectivity index (χ0) is 43.3. The van der Waals surface area contributed by atoms with Gasteiger partial charge < -0.3 is 19.9 Å². The number of unbranched alkanes of at least 4 members (excludes halogenated alkanes) is 32. The topological polar surface area (TPSA) is 119 Å². The number of carbonyl (C=O) groups is 4. The molecular weight excluding hydrogens is 759 g/mol. The van der Waals surface area contributed by atoms with Crippen LogP contribution in [-0.2, 0) is 28.7 Å². The van der Waals surface area contributed by atoms with E-state index in [-0.39, 0.29) is 36.0 Å². The van der Waals surface area contributed by atoms with Crippen LogP contribution in [0.15, 0.2) is 0 Å². The van der Waals surface area contributed by atoms with E-state index >= 15 is 0 Å². The summed E-state index contributed by atoms with van der Waals surface area (Å²) >= 11 is 1.30. The third kappa shape index (κ3) is 42.7. The van der Waals surface area contributed by atoms with Crippen molar-refractivity contribution < 1.29 is 33.8 Å². The number of amides is 1. The van der Waals surface area contributed by atoms with Crippen molar-refractivity contribution in [2.75, 3.05) is 18.1 Å². The molecule has 8 nitrogen and oxygen atoms in total. The summed E-state index contributed by atoms with van der Waals surface area (Å²) < 4.78 is 11.4. The SMILES string of the molecule is CCCCCCCCCCCCCCCC(=O)NC(CSC[C@@H](COC(=O)CCCCCCCCCCCCCCC)OC(=O)CCCCCCCCCCC)C(=O)O. The molecule has 0 saturated carbocycles. The van der Waals surface area contributed by atoms with Crippen molar-refractivity contribution in [3.05, 3.63) is 0 Å². The molecule has 0 saturated heterocycles. The van der Waals surface area contributed by atoms with Crippen LogP contribution in [0.1, 0.15) is 265 Å². The van der Waals surface area contributed by atoms with Gasteiger partial charge in [0.25, 0.3) is 0 Å². The smallest absolute Gasteiger partial charge is 0.327 e. The minimum Gasteiger partial charge on any atom is -0.480 e. The standard InChI is InChI=1S/C50H95NO7S/c1-4-7-10-13-16-19-21-23-25-28-30-33-36-39-47(52)51-46(50(55)56)44-59-43-45(58-49(54)41-38-35-32-27-18-15-12-9-6-3)42-57-48(53)40-37-34-31-29-26-24-22-20-17-14-11-8-5-2/h45-46H,4-44H2,1-3H3,(H,51,52)(H,55,56)/t45-,46?/m1/s1. The van der Waals surface area contributed by atoms with Gasteiger partial charge in [0, 0.05) is 30.8 Å². The molecule has 0 spiro atoms. The van der Waals surface area contributed by atoms with Crippen LogP contribution in [0.5, 0.6) is 0 Å². The van der Waals surface area contributed by atoms with Gasteiger partial charge in [-0.05, 0) is 19.3 Å². The molecule has 0 aliphatic rings. The predicted molar refractivity (Wildman–Crippen MR) is 250 cm³/mol. The Morgan fingerprint density at radius 2 is 0.763 bits per heavy atom. The van der Waals surface area contributed by atoms with Crippen molar-refractivity contribution in [2.24, 2.45) is 0 Å². The number of thioether (sulfide) groups is 1. The first kappa shape index (κ1) is 57.2. The van der Waals surface area contributed by atoms with E-state index in [0.29, 0.717) is 19.3 Å². The summed E-state index contributed by atoms with van der Waals surface area (Å²) in [5.41, 5.74) is 0. The fraction of sp³-hybridized carbons (Fsp3) is 0.920. The van der Waals surface area contributed by atoms with Crippen molar-refractivity contribution in [3.63, 3.8) is 0 Å². The van der Waals surface area contributed by atoms with Crippen LogP contribution in [0.3, 0.4) is 0 Å². The number of carboxylic acid groups (broad SMARTS) is 1. The second-order valence-corrected chi connectivity index (χ2v) is 18.4. The fourth-order valence-electron chi connectivity index (χ4n) is 7.55. The van der Waals surface area contributed by atoms with Gasteiger partial charge in [-0.25, -0.2) is 4.79 Å². The van der Waals surface area contributed by atoms with E-state index in [0.717, 1.165) is 57.8 Å². The average Bonchev–Trinajstić information content (AvgIpc) is 3.22. The van der Waals surface area contributed by atoms with Gasteiger partial charge >= 0.3 is 17.9 Å². The number of rotatable bonds is 47. The number of hydrogen-bond donors (Lipinski definition) is 2. The third-order valence-electron chi connectivity index (χ3n) is 11.4. The zero-order valence-electron chi connectivity index (χ0n) is 39.0. The molecule has 0 bridgehead atoms. The first-order valence-electron chi connectivity index (χ1n) is 25.3. The molecule has 0 aliphatic carbocycles. The van der Waals surface area contributed by atoms with E-state index in [1.165, 1.54) is 179 Å². The number of nitrogens with one attached hydrogen (secondary N) is 1. The van der Waals surface area contributed by atoms with E-state index in [4.69, 9.17) is 9.47 Å². The van der Waals surface area contributed by atoms with Gasteiger partial charge in [-0.1, -0.05) is 226 Å². The molecule has 2 atom stereocenters. The number of carbonyl (C=O) groups excluding carboxylic acids is 3. The number of aliphatic carboxylic acids is 1. The summed E-state index contributed by atoms with van der Waals surface area (Å²) in [7, 11) is 0. The van der Waals surface area contributed by atoms with Gasteiger partial charge in [-0.15, -0.1) is 0 Å². The number of esters is 2. The zero-order valence-corrected chi connectivity index (χ0v) is 39.8. The lowest BCUT2D eigenvalue weighted by Gasteiger charge is -2.19. The summed E-state index contributed by atoms with van der Waals surface area (Å²) in [6.45, 7) is 6.69. The van der Waals surface area contributed by atoms with Crippen LogP contribution >= 0.6 is 11.8 Å². The van der Waals surface area contributed by atoms with Gasteiger partial charge in [0.2, 0.25) is 5.91 Å². The molecule has 0 aliphatic heterocycles. The van der Waals surface area contributed by atoms with Gasteiger partial charge in [-0.3, -0.25) is 14.4 Å². The highest BCUT2D eigenvalue weighted by Gasteiger charge is 2.23. The highest BCUT2D eigenvalue weighted by atomic mass is 32.2. The quantitative estimate of drug-likeness (QED) is 0.0459. The Balaban J connectivity index is 4.55. The van der Waals surface area contributed by atoms with Gasteiger partial charge in [0.15, 0.2) is 0 Å². The second-order valence-electron chi connectivity index (χ2n) is 17.4. The Hall–Kier alpha value is -1.77. The van der Waals surface area contributed by atoms with Crippen LogP contribution in [-0.4, -0.2) is 59.2 Å². The monoisotopic (exact) mass is 854 g/mol. The first-order valence-corrected chi connectivity index (χ1v) is 26.4. The Kier molecular flexibility index (Phi) is 44.4. The lowest BCUT2D eigenvalue weighted by molar-refractivity contribution is -0.157. The summed E-state index contributed by atoms with van der Waals surface area (Å²) in [4.78, 5) is 50.1. The second kappa shape index (κ2) is 45.7. The molecule has 1 unspecified atom stereocenters. The van der Waals surface area contributed by atoms with Crippen molar-refractivity contribution in [3.8, 4) is 0 Å². The Labute approximate surface area is 368 Å². The van der Waals surface area contributed by atoms with Gasteiger partial charge in [-0.2, -0.15) is 11.8 Å². The Bertz CT molecular complexity index is 964. The maximum absolute atomic E-state index is 12.8. The third-order valence-corrected chi connectivity index (χ3v) is 12.6. The van der Waals surface area contributed by atoms with Crippen molar-refractivity contribution in [1.82, 2.24) is 5.32 Å². The maximum atomic E-state index is 12.8. The summed E-state index contributed by atoms with van der Waals surface area (Å²) in [5.74, 6) is -1.51. The van der Waals surface area contributed by atoms with E-state index in [1.807, 2.05) is 0 Å². The lowest BCUT2D eigenvalue weighted by atomic mass is 10.0. The molecule has 0 rings (SSSR count). The van der Waals surface area contributed by atoms with E-state index in [1.54, 1.807) is 0 Å². The molecule has 0 radical (unpaired) electrons. The molecule has 0 aromatic carbocycles. The van der Waals surface area contributed by atoms with Crippen LogP contribution < -0.4 is 5.32 Å². The summed E-state index contributed by atoms with van der Waals surface area (Å²) in [6, 6.07) is -1.04. The van der Waals surface area contributed by atoms with E-state index in [9.17, 15) is 24.3 Å². The van der Waals surface area contributed by atoms with Crippen LogP contribution in [0, 0.1) is 0 Å². The Morgan fingerprint density at radius 3 is 1.12 bits per heavy atom. The minimum absolute atomic E-state index is 0.0447. The predicted octanol–water partition coefficient (Wildman–Crippen LogP) is 14.6. The average molecular weight is 854 g/mol. The highest BCUT2D eigenvalue weighted by molar-refractivity contribution is 7.99. The summed E-state index contributed by atoms with van der Waals surface area (Å²) in [6.07, 6.45) is 42.7. The van der Waals surface area contributed by atoms with Crippen LogP contribution in [0.25, 0.3) is 0 Å². The molecule has 1 amide bonds. The van der Waals surface area contributed by atoms with Gasteiger partial charge in [0.1, 0.15) is 18.8 Å². The van der Waals surface area contributed by atoms with Gasteiger partial charge in [0.05, 0.1) is 0 Å². The molecule has 348 valence electrons. The normalized spacial score (nSPS) is 12.3. The molecule has 0 heterocycles. The van der Waals surface area contributed by atoms with Crippen LogP contribution in [0.2, 0.25) is 0 Å². The summed E-state index contributed by atoms with van der Waals surface area (Å²) in [5, 5.41) is 12.5. The molecular formula is C50H95NO7S. The van der Waals surface area contributed by atoms with E-state index < -0.39 is 18.1 Å². The maximum Gasteiger partial charge on any atom is 0.327 e. The molecule has 0 aromatic rings. The highest BCUT2D eigenvalue weighted by Crippen LogP contribution is 2.17. The molecule has 2 N–H and O–H groups in total. The molecule has 0 aromatic heterocycles. The largest absolute Gasteiger partial charge is 0.480 e. The van der Waals surface area contributed by atoms with E-state index in [2.05, 4.69) is 26.1 Å². The lowest BCUT2D eigenvalue weighted by Crippen LogP contribution is -2.42. The van der Waals surface area contributed by atoms with Crippen molar-refractivity contribution in [1.29, 1.82) is 0 Å². The van der Waals surface area contributed by atoms with Crippen molar-refractivity contribution >= 4 is 35.6 Å². The molecule has 0 fully saturated rings. The molecule has 9 heteroatoms. The first-order chi connectivity index (χ1) is 28.8. The van der Waals surface area contributed by atoms with Crippen molar-refractivity contribution in [2.45, 2.75) is 277 Å². The minimum atomic E-state index is -1.08. The Morgan fingerprint density at radius 1 is 0.441 bits per heavy atom. The number of hydrogen-bond acceptors (Lipinski definition) is 7. The number of carboxylic acids is 1. The fourth-order valence-corrected chi connectivity index (χ4v) is 8.57.